The van der Waals surface area contributed by atoms with Crippen molar-refractivity contribution in [2.75, 3.05) is 0 Å². The predicted octanol–water partition coefficient (Wildman–Crippen LogP) is 1.40. The molecule has 7 heteroatoms. The van der Waals surface area contributed by atoms with E-state index in [0.717, 1.165) is 6.07 Å². The molecule has 0 aliphatic carbocycles. The van der Waals surface area contributed by atoms with E-state index >= 15 is 0 Å². The van der Waals surface area contributed by atoms with Crippen molar-refractivity contribution in [2.24, 2.45) is 0 Å². The Hall–Kier alpha value is -0.284. The van der Waals surface area contributed by atoms with E-state index in [1.54, 1.807) is 18.2 Å². The molecule has 18 heavy (non-hydrogen) atoms. The Morgan fingerprint density at radius 1 is 1.06 bits per heavy atom. The van der Waals surface area contributed by atoms with Crippen LogP contribution >= 0.6 is 0 Å². The molecule has 0 aliphatic rings. The number of hydrogen-bond acceptors (Lipinski definition) is 3. The number of aromatic carboxylic acids is 1. The van der Waals surface area contributed by atoms with E-state index < -0.39 is 26.5 Å². The van der Waals surface area contributed by atoms with E-state index in [1.807, 2.05) is 0 Å². The first-order chi connectivity index (χ1) is 7.91. The van der Waals surface area contributed by atoms with Crippen LogP contribution < -0.4 is 0 Å². The quantitative estimate of drug-likeness (QED) is 0.644. The van der Waals surface area contributed by atoms with E-state index in [4.69, 9.17) is 9.66 Å². The monoisotopic (exact) mass is 291 g/mol. The molecule has 5 nitrogen and oxygen atoms in total. The summed E-state index contributed by atoms with van der Waals surface area (Å²) in [7, 11) is -4.55. The van der Waals surface area contributed by atoms with E-state index in [1.165, 1.54) is 12.1 Å². The molecule has 2 aromatic carbocycles. The van der Waals surface area contributed by atoms with Crippen LogP contribution in [0.15, 0.2) is 41.3 Å². The van der Waals surface area contributed by atoms with Crippen LogP contribution in [0.3, 0.4) is 0 Å². The van der Waals surface area contributed by atoms with E-state index in [2.05, 4.69) is 0 Å². The van der Waals surface area contributed by atoms with Crippen LogP contribution in [0.1, 0.15) is 10.4 Å². The largest absolute Gasteiger partial charge is 0.478 e. The summed E-state index contributed by atoms with van der Waals surface area (Å²) in [4.78, 5) is 10.5. The molecule has 2 rings (SSSR count). The molecule has 1 radical (unpaired) electrons. The van der Waals surface area contributed by atoms with E-state index in [-0.39, 0.29) is 56.8 Å². The second kappa shape index (κ2) is 5.78. The van der Waals surface area contributed by atoms with Crippen molar-refractivity contribution < 1.29 is 22.9 Å². The van der Waals surface area contributed by atoms with Gasteiger partial charge in [-0.15, -0.1) is 0 Å². The van der Waals surface area contributed by atoms with Gasteiger partial charge in [0.25, 0.3) is 10.1 Å². The summed E-state index contributed by atoms with van der Waals surface area (Å²) in [6, 6.07) is 9.00. The fourth-order valence-corrected chi connectivity index (χ4v) is 2.38. The molecule has 2 N–H and O–H groups in total. The summed E-state index contributed by atoms with van der Waals surface area (Å²) >= 11 is 0. The van der Waals surface area contributed by atoms with Crippen LogP contribution in [0.2, 0.25) is 0 Å². The van der Waals surface area contributed by atoms with Crippen molar-refractivity contribution >= 4 is 78.2 Å². The Bertz CT molecular complexity index is 708. The molecule has 0 atom stereocenters. The normalized spacial score (nSPS) is 10.9. The predicted molar refractivity (Wildman–Crippen MR) is 66.5 cm³/mol. The molecule has 0 fully saturated rings. The summed E-state index contributed by atoms with van der Waals surface area (Å²) < 4.78 is 31.2. The van der Waals surface area contributed by atoms with Crippen molar-refractivity contribution in [1.82, 2.24) is 0 Å². The Morgan fingerprint density at radius 3 is 2.22 bits per heavy atom. The summed E-state index contributed by atoms with van der Waals surface area (Å²) in [6.45, 7) is 0. The number of carboxylic acids is 1. The molecule has 0 saturated carbocycles. The van der Waals surface area contributed by atoms with E-state index in [9.17, 15) is 13.2 Å². The van der Waals surface area contributed by atoms with Gasteiger partial charge in [0.15, 0.2) is 0 Å². The van der Waals surface area contributed by atoms with Crippen LogP contribution in [0.25, 0.3) is 10.8 Å². The summed E-state index contributed by atoms with van der Waals surface area (Å²) in [5.74, 6) is -1.39. The first-order valence-electron chi connectivity index (χ1n) is 4.64. The van der Waals surface area contributed by atoms with Crippen molar-refractivity contribution in [1.29, 1.82) is 0 Å². The second-order valence-corrected chi connectivity index (χ2v) is 4.83. The third-order valence-corrected chi connectivity index (χ3v) is 3.28. The van der Waals surface area contributed by atoms with Crippen LogP contribution in [-0.4, -0.2) is 75.4 Å². The Labute approximate surface area is 146 Å². The van der Waals surface area contributed by atoms with Gasteiger partial charge in [-0.05, 0) is 16.8 Å². The maximum atomic E-state index is 11.1. The van der Waals surface area contributed by atoms with Gasteiger partial charge in [-0.1, -0.05) is 30.3 Å². The molecule has 0 saturated heterocycles. The topological polar surface area (TPSA) is 91.7 Å². The summed E-state index contributed by atoms with van der Waals surface area (Å²) in [5, 5.41) is 9.92. The van der Waals surface area contributed by atoms with Crippen molar-refractivity contribution in [3.63, 3.8) is 0 Å². The maximum Gasteiger partial charge on any atom is 0.337 e. The van der Waals surface area contributed by atoms with Gasteiger partial charge in [0.2, 0.25) is 0 Å². The van der Waals surface area contributed by atoms with Gasteiger partial charge >= 0.3 is 5.97 Å². The van der Waals surface area contributed by atoms with Crippen LogP contribution in [0.5, 0.6) is 0 Å². The average Bonchev–Trinajstić information content (AvgIpc) is 2.26. The minimum absolute atomic E-state index is 0. The van der Waals surface area contributed by atoms with Gasteiger partial charge in [-0.2, -0.15) is 8.42 Å². The fourth-order valence-electron chi connectivity index (χ4n) is 1.69. The third kappa shape index (κ3) is 2.99. The zero-order valence-electron chi connectivity index (χ0n) is 9.49. The Kier molecular flexibility index (Phi) is 5.07. The van der Waals surface area contributed by atoms with Crippen molar-refractivity contribution in [3.05, 3.63) is 42.0 Å². The zero-order chi connectivity index (χ0) is 12.6. The minimum atomic E-state index is -4.55. The number of rotatable bonds is 2. The number of carboxylic acid groups (broad SMARTS) is 1. The molecule has 0 aromatic heterocycles. The SMILES string of the molecule is O=C(O)c1c(S(=O)(=O)O)ccc2ccccc12.[K]. The molecule has 2 aromatic rings. The summed E-state index contributed by atoms with van der Waals surface area (Å²) in [6.07, 6.45) is 0. The average molecular weight is 291 g/mol. The second-order valence-electron chi connectivity index (χ2n) is 3.44. The molecule has 0 bridgehead atoms. The zero-order valence-corrected chi connectivity index (χ0v) is 13.4. The molecular weight excluding hydrogens is 283 g/mol. The molecule has 0 heterocycles. The third-order valence-electron chi connectivity index (χ3n) is 2.38. The van der Waals surface area contributed by atoms with Gasteiger partial charge in [-0.3, -0.25) is 4.55 Å². The smallest absolute Gasteiger partial charge is 0.337 e. The Balaban J connectivity index is 0.00000162. The molecular formula is C11H8KO5S. The summed E-state index contributed by atoms with van der Waals surface area (Å²) in [5.41, 5.74) is -0.411. The van der Waals surface area contributed by atoms with Crippen LogP contribution in [-0.2, 0) is 10.1 Å². The van der Waals surface area contributed by atoms with Crippen LogP contribution in [0.4, 0.5) is 0 Å². The standard InChI is InChI=1S/C11H8O5S.K/c12-11(13)10-8-4-2-1-3-7(8)5-6-9(10)17(14,15)16;/h1-6H,(H,12,13)(H,14,15,16);. The number of fused-ring (bicyclic) bond motifs is 1. The number of carbonyl (C=O) groups is 1. The van der Waals surface area contributed by atoms with Crippen LogP contribution in [0, 0.1) is 0 Å². The van der Waals surface area contributed by atoms with Gasteiger partial charge in [-0.25, -0.2) is 4.79 Å². The van der Waals surface area contributed by atoms with E-state index in [0.29, 0.717) is 5.39 Å². The van der Waals surface area contributed by atoms with Crippen molar-refractivity contribution in [2.45, 2.75) is 4.90 Å². The van der Waals surface area contributed by atoms with Gasteiger partial charge in [0, 0.05) is 51.4 Å². The minimum Gasteiger partial charge on any atom is -0.478 e. The Morgan fingerprint density at radius 2 is 1.67 bits per heavy atom. The van der Waals surface area contributed by atoms with Crippen molar-refractivity contribution in [3.8, 4) is 0 Å². The first kappa shape index (κ1) is 15.8. The maximum absolute atomic E-state index is 11.1. The molecule has 0 amide bonds. The molecule has 89 valence electrons. The van der Waals surface area contributed by atoms with Gasteiger partial charge in [0.05, 0.1) is 5.56 Å². The molecule has 0 aliphatic heterocycles. The number of benzene rings is 2. The number of hydrogen-bond donors (Lipinski definition) is 2. The molecule has 0 spiro atoms. The fraction of sp³-hybridized carbons (Fsp3) is 0. The van der Waals surface area contributed by atoms with Gasteiger partial charge in [0.1, 0.15) is 4.90 Å². The molecule has 0 unspecified atom stereocenters. The van der Waals surface area contributed by atoms with Gasteiger partial charge < -0.3 is 5.11 Å². The first-order valence-corrected chi connectivity index (χ1v) is 6.08.